The highest BCUT2D eigenvalue weighted by Crippen LogP contribution is 2.31. The van der Waals surface area contributed by atoms with Crippen molar-refractivity contribution in [1.29, 1.82) is 0 Å². The molecule has 0 aliphatic heterocycles. The molecule has 35 heavy (non-hydrogen) atoms. The van der Waals surface area contributed by atoms with Gasteiger partial charge >= 0.3 is 0 Å². The Morgan fingerprint density at radius 2 is 2.00 bits per heavy atom. The predicted molar refractivity (Wildman–Crippen MR) is 136 cm³/mol. The van der Waals surface area contributed by atoms with Crippen LogP contribution >= 0.6 is 0 Å². The van der Waals surface area contributed by atoms with Crippen molar-refractivity contribution in [1.82, 2.24) is 24.8 Å². The lowest BCUT2D eigenvalue weighted by molar-refractivity contribution is 0.108. The summed E-state index contributed by atoms with van der Waals surface area (Å²) in [6, 6.07) is 10.1. The van der Waals surface area contributed by atoms with Crippen molar-refractivity contribution in [2.75, 3.05) is 32.1 Å². The highest BCUT2D eigenvalue weighted by atomic mass is 16.5. The average molecular weight is 481 g/mol. The van der Waals surface area contributed by atoms with Crippen molar-refractivity contribution in [3.8, 4) is 28.5 Å². The molecule has 0 amide bonds. The monoisotopic (exact) mass is 480 g/mol. The number of imidazole rings is 1. The van der Waals surface area contributed by atoms with Crippen LogP contribution in [0.2, 0.25) is 0 Å². The molecule has 1 aliphatic rings. The van der Waals surface area contributed by atoms with E-state index in [-0.39, 0.29) is 13.2 Å². The fourth-order valence-corrected chi connectivity index (χ4v) is 4.58. The maximum atomic E-state index is 9.99. The van der Waals surface area contributed by atoms with E-state index < -0.39 is 6.10 Å². The molecular weight excluding hydrogens is 444 g/mol. The smallest absolute Gasteiger partial charge is 0.162 e. The van der Waals surface area contributed by atoms with Crippen LogP contribution in [-0.4, -0.2) is 69.1 Å². The molecule has 0 spiro atoms. The standard InChI is InChI=1S/C26H36N6O3/c1-27-14-20(34)17-35-21-11-7-8-18(12-21)26-29-22(23-15-28-25(16-33)32(23)3)13-24(30-26)31(2)19-9-5-4-6-10-19/h7-8,11-13,15,19-20,27,33-34H,4-6,9-10,14,16-17H2,1-3H3. The van der Waals surface area contributed by atoms with E-state index in [1.54, 1.807) is 13.2 Å². The van der Waals surface area contributed by atoms with E-state index in [0.29, 0.717) is 30.0 Å². The summed E-state index contributed by atoms with van der Waals surface area (Å²) in [6.07, 6.45) is 7.22. The summed E-state index contributed by atoms with van der Waals surface area (Å²) in [7, 11) is 5.78. The Morgan fingerprint density at radius 3 is 2.71 bits per heavy atom. The van der Waals surface area contributed by atoms with Gasteiger partial charge in [0, 0.05) is 38.3 Å². The molecule has 1 saturated carbocycles. The second-order valence-corrected chi connectivity index (χ2v) is 9.16. The van der Waals surface area contributed by atoms with E-state index in [1.165, 1.54) is 19.3 Å². The number of aliphatic hydroxyl groups excluding tert-OH is 2. The van der Waals surface area contributed by atoms with Gasteiger partial charge in [0.15, 0.2) is 5.82 Å². The largest absolute Gasteiger partial charge is 0.491 e. The number of rotatable bonds is 10. The highest BCUT2D eigenvalue weighted by molar-refractivity contribution is 5.67. The Balaban J connectivity index is 1.70. The van der Waals surface area contributed by atoms with Crippen LogP contribution in [0.1, 0.15) is 37.9 Å². The van der Waals surface area contributed by atoms with Crippen molar-refractivity contribution in [3.05, 3.63) is 42.4 Å². The molecule has 188 valence electrons. The van der Waals surface area contributed by atoms with Gasteiger partial charge in [0.1, 0.15) is 36.7 Å². The first-order valence-electron chi connectivity index (χ1n) is 12.3. The van der Waals surface area contributed by atoms with E-state index >= 15 is 0 Å². The van der Waals surface area contributed by atoms with Crippen molar-refractivity contribution < 1.29 is 14.9 Å². The van der Waals surface area contributed by atoms with Crippen molar-refractivity contribution >= 4 is 5.82 Å². The minimum Gasteiger partial charge on any atom is -0.491 e. The Labute approximate surface area is 206 Å². The van der Waals surface area contributed by atoms with E-state index in [9.17, 15) is 10.2 Å². The number of benzene rings is 1. The normalized spacial score (nSPS) is 15.2. The fourth-order valence-electron chi connectivity index (χ4n) is 4.58. The Morgan fingerprint density at radius 1 is 1.20 bits per heavy atom. The number of aliphatic hydroxyl groups is 2. The van der Waals surface area contributed by atoms with Gasteiger partial charge in [0.05, 0.1) is 17.6 Å². The zero-order valence-electron chi connectivity index (χ0n) is 20.8. The molecule has 9 heteroatoms. The summed E-state index contributed by atoms with van der Waals surface area (Å²) >= 11 is 0. The molecule has 0 radical (unpaired) electrons. The van der Waals surface area contributed by atoms with Gasteiger partial charge < -0.3 is 29.7 Å². The second-order valence-electron chi connectivity index (χ2n) is 9.16. The summed E-state index contributed by atoms with van der Waals surface area (Å²) in [5, 5.41) is 22.5. The third kappa shape index (κ3) is 5.98. The lowest BCUT2D eigenvalue weighted by atomic mass is 9.94. The quantitative estimate of drug-likeness (QED) is 0.407. The van der Waals surface area contributed by atoms with Crippen molar-refractivity contribution in [3.63, 3.8) is 0 Å². The molecule has 3 N–H and O–H groups in total. The molecule has 0 saturated heterocycles. The summed E-state index contributed by atoms with van der Waals surface area (Å²) < 4.78 is 7.67. The Bertz CT molecular complexity index is 1110. The molecule has 1 unspecified atom stereocenters. The van der Waals surface area contributed by atoms with Gasteiger partial charge in [-0.15, -0.1) is 0 Å². The molecule has 1 atom stereocenters. The van der Waals surface area contributed by atoms with Crippen molar-refractivity contribution in [2.24, 2.45) is 7.05 Å². The molecule has 3 aromatic rings. The zero-order chi connectivity index (χ0) is 24.8. The zero-order valence-corrected chi connectivity index (χ0v) is 20.8. The molecule has 0 bridgehead atoms. The predicted octanol–water partition coefficient (Wildman–Crippen LogP) is 2.76. The van der Waals surface area contributed by atoms with Crippen molar-refractivity contribution in [2.45, 2.75) is 50.9 Å². The molecule has 4 rings (SSSR count). The minimum absolute atomic E-state index is 0.137. The summed E-state index contributed by atoms with van der Waals surface area (Å²) in [6.45, 7) is 0.518. The molecule has 2 heterocycles. The number of aromatic nitrogens is 4. The molecule has 1 aliphatic carbocycles. The average Bonchev–Trinajstić information content (AvgIpc) is 3.28. The van der Waals surface area contributed by atoms with Crippen LogP contribution in [0.25, 0.3) is 22.8 Å². The van der Waals surface area contributed by atoms with Crippen LogP contribution in [0, 0.1) is 0 Å². The lowest BCUT2D eigenvalue weighted by Crippen LogP contribution is -2.34. The van der Waals surface area contributed by atoms with Gasteiger partial charge in [0.25, 0.3) is 0 Å². The van der Waals surface area contributed by atoms with Gasteiger partial charge in [-0.1, -0.05) is 31.4 Å². The van der Waals surface area contributed by atoms with Crippen LogP contribution < -0.4 is 15.0 Å². The van der Waals surface area contributed by atoms with Gasteiger partial charge in [-0.3, -0.25) is 0 Å². The molecular formula is C26H36N6O3. The van der Waals surface area contributed by atoms with Gasteiger partial charge in [-0.25, -0.2) is 15.0 Å². The van der Waals surface area contributed by atoms with Crippen LogP contribution in [-0.2, 0) is 13.7 Å². The SMILES string of the molecule is CNCC(O)COc1cccc(-c2nc(-c3cnc(CO)n3C)cc(N(C)C3CCCCC3)n2)c1. The lowest BCUT2D eigenvalue weighted by Gasteiger charge is -2.32. The second kappa shape index (κ2) is 11.6. The summed E-state index contributed by atoms with van der Waals surface area (Å²) in [5.41, 5.74) is 2.40. The topological polar surface area (TPSA) is 109 Å². The number of nitrogens with zero attached hydrogens (tertiary/aromatic N) is 5. The third-order valence-corrected chi connectivity index (χ3v) is 6.66. The fraction of sp³-hybridized carbons (Fsp3) is 0.500. The maximum absolute atomic E-state index is 9.99. The molecule has 2 aromatic heterocycles. The number of likely N-dealkylation sites (N-methyl/N-ethyl adjacent to an activating group) is 1. The number of hydrogen-bond acceptors (Lipinski definition) is 8. The van der Waals surface area contributed by atoms with E-state index in [2.05, 4.69) is 22.2 Å². The maximum Gasteiger partial charge on any atom is 0.162 e. The van der Waals surface area contributed by atoms with E-state index in [0.717, 1.165) is 35.6 Å². The number of ether oxygens (including phenoxy) is 1. The molecule has 9 nitrogen and oxygen atoms in total. The minimum atomic E-state index is -0.593. The third-order valence-electron chi connectivity index (χ3n) is 6.66. The first kappa shape index (κ1) is 25.1. The number of hydrogen-bond donors (Lipinski definition) is 3. The Hall–Kier alpha value is -3.01. The molecule has 1 fully saturated rings. The van der Waals surface area contributed by atoms with Crippen LogP contribution in [0.4, 0.5) is 5.82 Å². The Kier molecular flexibility index (Phi) is 8.33. The summed E-state index contributed by atoms with van der Waals surface area (Å²) in [4.78, 5) is 16.4. The van der Waals surface area contributed by atoms with Gasteiger partial charge in [-0.2, -0.15) is 0 Å². The molecule has 1 aromatic carbocycles. The first-order chi connectivity index (χ1) is 17.0. The van der Waals surface area contributed by atoms with E-state index in [4.69, 9.17) is 14.7 Å². The van der Waals surface area contributed by atoms with Crippen LogP contribution in [0.15, 0.2) is 36.5 Å². The van der Waals surface area contributed by atoms with Crippen LogP contribution in [0.5, 0.6) is 5.75 Å². The van der Waals surface area contributed by atoms with Gasteiger partial charge in [0.2, 0.25) is 0 Å². The first-order valence-corrected chi connectivity index (χ1v) is 12.3. The van der Waals surface area contributed by atoms with E-state index in [1.807, 2.05) is 41.9 Å². The van der Waals surface area contributed by atoms with Crippen LogP contribution in [0.3, 0.4) is 0 Å². The summed E-state index contributed by atoms with van der Waals surface area (Å²) in [5.74, 6) is 2.68. The highest BCUT2D eigenvalue weighted by Gasteiger charge is 2.22. The van der Waals surface area contributed by atoms with Gasteiger partial charge in [-0.05, 0) is 32.0 Å². The number of nitrogens with one attached hydrogen (secondary N) is 1. The number of anilines is 1.